The first-order valence-corrected chi connectivity index (χ1v) is 9.36. The molecular formula is C20H28N4O3. The van der Waals surface area contributed by atoms with Crippen LogP contribution >= 0.6 is 0 Å². The highest BCUT2D eigenvalue weighted by molar-refractivity contribution is 6.06. The summed E-state index contributed by atoms with van der Waals surface area (Å²) < 4.78 is 0. The summed E-state index contributed by atoms with van der Waals surface area (Å²) in [5.74, 6) is -0.168. The molecule has 7 heteroatoms. The predicted molar refractivity (Wildman–Crippen MR) is 102 cm³/mol. The lowest BCUT2D eigenvalue weighted by Crippen LogP contribution is -2.57. The minimum Gasteiger partial charge on any atom is -0.331 e. The van der Waals surface area contributed by atoms with E-state index in [0.717, 1.165) is 5.56 Å². The fourth-order valence-electron chi connectivity index (χ4n) is 3.97. The number of piperidine rings is 1. The molecule has 146 valence electrons. The van der Waals surface area contributed by atoms with Gasteiger partial charge in [0, 0.05) is 27.2 Å². The summed E-state index contributed by atoms with van der Waals surface area (Å²) in [4.78, 5) is 41.7. The molecule has 27 heavy (non-hydrogen) atoms. The molecular weight excluding hydrogens is 344 g/mol. The fraction of sp³-hybridized carbons (Fsp3) is 0.550. The number of nitrogens with one attached hydrogen (secondary N) is 1. The second-order valence-electron chi connectivity index (χ2n) is 7.74. The Kier molecular flexibility index (Phi) is 4.88. The van der Waals surface area contributed by atoms with Crippen molar-refractivity contribution in [1.82, 2.24) is 20.0 Å². The zero-order chi connectivity index (χ0) is 19.9. The highest BCUT2D eigenvalue weighted by atomic mass is 16.2. The van der Waals surface area contributed by atoms with Gasteiger partial charge in [0.2, 0.25) is 0 Å². The number of hydrogen-bond acceptors (Lipinski definition) is 3. The van der Waals surface area contributed by atoms with Crippen LogP contribution in [-0.2, 0) is 4.79 Å². The van der Waals surface area contributed by atoms with Crippen molar-refractivity contribution in [2.75, 3.05) is 27.2 Å². The van der Waals surface area contributed by atoms with Crippen LogP contribution in [-0.4, -0.2) is 65.4 Å². The number of carbonyl (C=O) groups excluding carboxylic acids is 3. The third-order valence-electron chi connectivity index (χ3n) is 6.17. The third-order valence-corrected chi connectivity index (χ3v) is 6.17. The molecule has 2 aliphatic heterocycles. The maximum atomic E-state index is 12.7. The minimum absolute atomic E-state index is 0.101. The second kappa shape index (κ2) is 6.87. The monoisotopic (exact) mass is 372 g/mol. The van der Waals surface area contributed by atoms with Gasteiger partial charge >= 0.3 is 12.1 Å². The van der Waals surface area contributed by atoms with E-state index >= 15 is 0 Å². The number of imide groups is 1. The van der Waals surface area contributed by atoms with Crippen molar-refractivity contribution in [2.45, 2.75) is 45.2 Å². The van der Waals surface area contributed by atoms with Gasteiger partial charge in [-0.15, -0.1) is 0 Å². The van der Waals surface area contributed by atoms with E-state index in [4.69, 9.17) is 0 Å². The highest BCUT2D eigenvalue weighted by Crippen LogP contribution is 2.35. The Bertz CT molecular complexity index is 783. The van der Waals surface area contributed by atoms with Crippen molar-refractivity contribution in [2.24, 2.45) is 0 Å². The number of benzene rings is 1. The Morgan fingerprint density at radius 2 is 1.74 bits per heavy atom. The topological polar surface area (TPSA) is 73.0 Å². The highest BCUT2D eigenvalue weighted by Gasteiger charge is 2.55. The quantitative estimate of drug-likeness (QED) is 0.811. The van der Waals surface area contributed by atoms with Crippen molar-refractivity contribution in [1.29, 1.82) is 0 Å². The molecule has 1 atom stereocenters. The van der Waals surface area contributed by atoms with Gasteiger partial charge in [0.05, 0.1) is 6.04 Å². The lowest BCUT2D eigenvalue weighted by molar-refractivity contribution is -0.134. The Hall–Kier alpha value is -2.57. The van der Waals surface area contributed by atoms with E-state index in [1.165, 1.54) is 28.0 Å². The summed E-state index contributed by atoms with van der Waals surface area (Å²) in [6.45, 7) is 6.99. The van der Waals surface area contributed by atoms with Gasteiger partial charge in [0.25, 0.3) is 5.91 Å². The molecule has 1 aromatic rings. The van der Waals surface area contributed by atoms with E-state index in [1.54, 1.807) is 11.9 Å². The van der Waals surface area contributed by atoms with Gasteiger partial charge in [-0.05, 0) is 50.3 Å². The summed E-state index contributed by atoms with van der Waals surface area (Å²) in [5, 5.41) is 3.04. The van der Waals surface area contributed by atoms with Crippen molar-refractivity contribution in [3.05, 3.63) is 34.9 Å². The van der Waals surface area contributed by atoms with Crippen LogP contribution in [0.4, 0.5) is 9.59 Å². The zero-order valence-corrected chi connectivity index (χ0v) is 16.7. The number of likely N-dealkylation sites (N-methyl/N-ethyl adjacent to an activating group) is 2. The molecule has 2 fully saturated rings. The van der Waals surface area contributed by atoms with E-state index in [2.05, 4.69) is 31.3 Å². The van der Waals surface area contributed by atoms with Crippen LogP contribution < -0.4 is 5.32 Å². The van der Waals surface area contributed by atoms with Crippen LogP contribution in [0.15, 0.2) is 18.2 Å². The average molecular weight is 372 g/mol. The molecule has 2 heterocycles. The molecule has 0 radical (unpaired) electrons. The largest absolute Gasteiger partial charge is 0.331 e. The molecule has 2 saturated heterocycles. The molecule has 5 amide bonds. The molecule has 0 aromatic heterocycles. The van der Waals surface area contributed by atoms with Crippen LogP contribution in [0.1, 0.15) is 42.5 Å². The van der Waals surface area contributed by atoms with Gasteiger partial charge in [-0.2, -0.15) is 0 Å². The van der Waals surface area contributed by atoms with Gasteiger partial charge in [0.15, 0.2) is 0 Å². The van der Waals surface area contributed by atoms with Crippen molar-refractivity contribution in [3.63, 3.8) is 0 Å². The Labute approximate surface area is 160 Å². The number of urea groups is 2. The number of hydrogen-bond donors (Lipinski definition) is 1. The van der Waals surface area contributed by atoms with Crippen LogP contribution in [0.5, 0.6) is 0 Å². The Morgan fingerprint density at radius 3 is 2.26 bits per heavy atom. The van der Waals surface area contributed by atoms with E-state index in [0.29, 0.717) is 25.9 Å². The molecule has 0 bridgehead atoms. The minimum atomic E-state index is -0.803. The van der Waals surface area contributed by atoms with Gasteiger partial charge in [-0.3, -0.25) is 9.69 Å². The summed E-state index contributed by atoms with van der Waals surface area (Å²) >= 11 is 0. The number of aryl methyl sites for hydroxylation is 2. The fourth-order valence-corrected chi connectivity index (χ4v) is 3.97. The molecule has 7 nitrogen and oxygen atoms in total. The van der Waals surface area contributed by atoms with Crippen LogP contribution in [0.25, 0.3) is 0 Å². The Balaban J connectivity index is 1.62. The molecule has 2 aliphatic rings. The lowest BCUT2D eigenvalue weighted by atomic mass is 9.86. The lowest BCUT2D eigenvalue weighted by Gasteiger charge is -2.41. The van der Waals surface area contributed by atoms with Crippen molar-refractivity contribution < 1.29 is 14.4 Å². The molecule has 0 saturated carbocycles. The summed E-state index contributed by atoms with van der Waals surface area (Å²) in [5.41, 5.74) is 2.69. The second-order valence-corrected chi connectivity index (χ2v) is 7.74. The molecule has 1 N–H and O–H groups in total. The van der Waals surface area contributed by atoms with Crippen LogP contribution in [0.2, 0.25) is 0 Å². The molecule has 3 rings (SSSR count). The van der Waals surface area contributed by atoms with E-state index < -0.39 is 5.54 Å². The van der Waals surface area contributed by atoms with E-state index in [-0.39, 0.29) is 24.0 Å². The smallest absolute Gasteiger partial charge is 0.327 e. The van der Waals surface area contributed by atoms with E-state index in [9.17, 15) is 14.4 Å². The number of likely N-dealkylation sites (tertiary alicyclic amines) is 1. The van der Waals surface area contributed by atoms with Gasteiger partial charge in [0.1, 0.15) is 5.54 Å². The first-order chi connectivity index (χ1) is 12.7. The van der Waals surface area contributed by atoms with E-state index in [1.807, 2.05) is 13.0 Å². The molecule has 1 aromatic carbocycles. The molecule has 1 spiro atoms. The van der Waals surface area contributed by atoms with Gasteiger partial charge in [-0.1, -0.05) is 18.2 Å². The molecule has 0 aliphatic carbocycles. The summed E-state index contributed by atoms with van der Waals surface area (Å²) in [6, 6.07) is 5.68. The predicted octanol–water partition coefficient (Wildman–Crippen LogP) is 2.43. The number of rotatable bonds is 2. The van der Waals surface area contributed by atoms with Gasteiger partial charge < -0.3 is 15.1 Å². The van der Waals surface area contributed by atoms with Crippen molar-refractivity contribution in [3.8, 4) is 0 Å². The van der Waals surface area contributed by atoms with Crippen LogP contribution in [0.3, 0.4) is 0 Å². The zero-order valence-electron chi connectivity index (χ0n) is 16.7. The van der Waals surface area contributed by atoms with Crippen molar-refractivity contribution >= 4 is 18.0 Å². The molecule has 1 unspecified atom stereocenters. The SMILES string of the molecule is Cc1ccc(C(C)NC(=O)N2CCC3(CC2)C(=O)N(C)C(=O)N3C)cc1C. The normalized spacial score (nSPS) is 20.4. The number of amides is 5. The maximum Gasteiger partial charge on any atom is 0.327 e. The van der Waals surface area contributed by atoms with Crippen LogP contribution in [0, 0.1) is 13.8 Å². The summed E-state index contributed by atoms with van der Waals surface area (Å²) in [7, 11) is 3.18. The number of carbonyl (C=O) groups is 3. The first kappa shape index (κ1) is 19.2. The standard InChI is InChI=1S/C20H28N4O3/c1-13-6-7-16(12-14(13)2)15(3)21-18(26)24-10-8-20(9-11-24)17(25)22(4)19(27)23(20)5/h6-7,12,15H,8-11H2,1-5H3,(H,21,26). The average Bonchev–Trinajstić information content (AvgIpc) is 2.80. The maximum absolute atomic E-state index is 12.7. The first-order valence-electron chi connectivity index (χ1n) is 9.36. The Morgan fingerprint density at radius 1 is 1.11 bits per heavy atom. The summed E-state index contributed by atoms with van der Waals surface area (Å²) in [6.07, 6.45) is 0.924. The number of nitrogens with zero attached hydrogens (tertiary/aromatic N) is 3. The van der Waals surface area contributed by atoms with Gasteiger partial charge in [-0.25, -0.2) is 9.59 Å². The third kappa shape index (κ3) is 3.15.